The third-order valence-corrected chi connectivity index (χ3v) is 6.55. The van der Waals surface area contributed by atoms with Crippen molar-refractivity contribution in [3.05, 3.63) is 66.7 Å². The fraction of sp³-hybridized carbons (Fsp3) is 0.364. The van der Waals surface area contributed by atoms with E-state index in [0.717, 1.165) is 29.4 Å². The molecule has 0 spiro atoms. The zero-order valence-corrected chi connectivity index (χ0v) is 16.6. The van der Waals surface area contributed by atoms with Crippen molar-refractivity contribution in [3.8, 4) is 0 Å². The Morgan fingerprint density at radius 3 is 2.81 bits per heavy atom. The molecule has 0 saturated heterocycles. The molecule has 5 heteroatoms. The van der Waals surface area contributed by atoms with Gasteiger partial charge in [0.2, 0.25) is 0 Å². The first-order valence-electron chi connectivity index (χ1n) is 9.23. The van der Waals surface area contributed by atoms with E-state index in [1.165, 1.54) is 34.3 Å². The molecular weight excluding hydrogens is 360 g/mol. The minimum Gasteiger partial charge on any atom is -0.457 e. The molecule has 2 heterocycles. The van der Waals surface area contributed by atoms with Crippen molar-refractivity contribution in [2.75, 3.05) is 0 Å². The maximum atomic E-state index is 12.5. The van der Waals surface area contributed by atoms with Crippen LogP contribution < -0.4 is 5.63 Å². The van der Waals surface area contributed by atoms with E-state index in [1.54, 1.807) is 0 Å². The first kappa shape index (κ1) is 18.0. The van der Waals surface area contributed by atoms with Gasteiger partial charge in [0.25, 0.3) is 0 Å². The van der Waals surface area contributed by atoms with E-state index in [4.69, 9.17) is 9.15 Å². The third kappa shape index (κ3) is 3.56. The minimum absolute atomic E-state index is 0.0579. The molecule has 0 N–H and O–H groups in total. The maximum Gasteiger partial charge on any atom is 0.348 e. The molecule has 1 unspecified atom stereocenters. The smallest absolute Gasteiger partial charge is 0.348 e. The van der Waals surface area contributed by atoms with Gasteiger partial charge in [-0.15, -0.1) is 11.3 Å². The van der Waals surface area contributed by atoms with Crippen molar-refractivity contribution in [2.24, 2.45) is 5.92 Å². The number of esters is 1. The molecule has 0 saturated carbocycles. The summed E-state index contributed by atoms with van der Waals surface area (Å²) in [5.41, 5.74) is 4.20. The van der Waals surface area contributed by atoms with Crippen molar-refractivity contribution in [1.29, 1.82) is 0 Å². The summed E-state index contributed by atoms with van der Waals surface area (Å²) in [4.78, 5) is 26.4. The van der Waals surface area contributed by atoms with E-state index in [1.807, 2.05) is 32.0 Å². The Bertz CT molecular complexity index is 1090. The summed E-state index contributed by atoms with van der Waals surface area (Å²) < 4.78 is 10.8. The first-order valence-corrected chi connectivity index (χ1v) is 10.0. The van der Waals surface area contributed by atoms with E-state index < -0.39 is 5.63 Å². The van der Waals surface area contributed by atoms with Gasteiger partial charge >= 0.3 is 11.6 Å². The Morgan fingerprint density at radius 2 is 2.00 bits per heavy atom. The Balaban J connectivity index is 1.57. The summed E-state index contributed by atoms with van der Waals surface area (Å²) in [6, 6.07) is 7.21. The van der Waals surface area contributed by atoms with Gasteiger partial charge in [0.15, 0.2) is 0 Å². The van der Waals surface area contributed by atoms with E-state index >= 15 is 0 Å². The molecule has 0 amide bonds. The second-order valence-electron chi connectivity index (χ2n) is 7.51. The summed E-state index contributed by atoms with van der Waals surface area (Å²) in [5, 5.41) is 0.810. The topological polar surface area (TPSA) is 56.5 Å². The number of hydrogen-bond donors (Lipinski definition) is 0. The SMILES string of the molecule is Cc1cc2oc(=O)cc(COC(=O)c3cc4c(s3)CCC(C)C4)c2cc1C. The van der Waals surface area contributed by atoms with Gasteiger partial charge in [0.1, 0.15) is 17.1 Å². The molecule has 27 heavy (non-hydrogen) atoms. The highest BCUT2D eigenvalue weighted by Gasteiger charge is 2.21. The Morgan fingerprint density at radius 1 is 1.22 bits per heavy atom. The molecule has 1 aliphatic carbocycles. The van der Waals surface area contributed by atoms with Crippen LogP contribution in [0, 0.1) is 19.8 Å². The van der Waals surface area contributed by atoms with Crippen molar-refractivity contribution in [1.82, 2.24) is 0 Å². The zero-order chi connectivity index (χ0) is 19.1. The number of fused-ring (bicyclic) bond motifs is 2. The van der Waals surface area contributed by atoms with Gasteiger partial charge in [0, 0.05) is 21.9 Å². The normalized spacial score (nSPS) is 16.3. The Kier molecular flexibility index (Phi) is 4.64. The molecule has 3 aromatic rings. The lowest BCUT2D eigenvalue weighted by atomic mass is 9.90. The molecule has 4 rings (SSSR count). The Labute approximate surface area is 161 Å². The number of ether oxygens (including phenoxy) is 1. The monoisotopic (exact) mass is 382 g/mol. The summed E-state index contributed by atoms with van der Waals surface area (Å²) in [6.45, 7) is 6.28. The van der Waals surface area contributed by atoms with E-state index in [9.17, 15) is 9.59 Å². The lowest BCUT2D eigenvalue weighted by molar-refractivity contribution is 0.0479. The predicted molar refractivity (Wildman–Crippen MR) is 107 cm³/mol. The van der Waals surface area contributed by atoms with Crippen molar-refractivity contribution >= 4 is 28.3 Å². The van der Waals surface area contributed by atoms with Crippen LogP contribution in [-0.2, 0) is 24.2 Å². The molecule has 140 valence electrons. The van der Waals surface area contributed by atoms with Crippen molar-refractivity contribution in [3.63, 3.8) is 0 Å². The van der Waals surface area contributed by atoms with E-state index in [-0.39, 0.29) is 12.6 Å². The number of aryl methyl sites for hydroxylation is 3. The van der Waals surface area contributed by atoms with Gasteiger partial charge in [0.05, 0.1) is 0 Å². The van der Waals surface area contributed by atoms with Crippen molar-refractivity contribution < 1.29 is 13.9 Å². The van der Waals surface area contributed by atoms with Gasteiger partial charge in [-0.05, 0) is 73.9 Å². The number of thiophene rings is 1. The number of hydrogen-bond acceptors (Lipinski definition) is 5. The van der Waals surface area contributed by atoms with Crippen LogP contribution in [0.3, 0.4) is 0 Å². The predicted octanol–water partition coefficient (Wildman–Crippen LogP) is 4.95. The van der Waals surface area contributed by atoms with Crippen molar-refractivity contribution in [2.45, 2.75) is 46.6 Å². The van der Waals surface area contributed by atoms with Gasteiger partial charge in [-0.1, -0.05) is 6.92 Å². The van der Waals surface area contributed by atoms with Crippen LogP contribution in [0.2, 0.25) is 0 Å². The molecule has 0 fully saturated rings. The van der Waals surface area contributed by atoms with Gasteiger partial charge in [-0.3, -0.25) is 0 Å². The molecule has 0 bridgehead atoms. The summed E-state index contributed by atoms with van der Waals surface area (Å²) in [7, 11) is 0. The molecular formula is C22H22O4S. The second-order valence-corrected chi connectivity index (χ2v) is 8.64. The number of carbonyl (C=O) groups excluding carboxylic acids is 1. The number of benzene rings is 1. The largest absolute Gasteiger partial charge is 0.457 e. The lowest BCUT2D eigenvalue weighted by Gasteiger charge is -2.16. The highest BCUT2D eigenvalue weighted by atomic mass is 32.1. The quantitative estimate of drug-likeness (QED) is 0.475. The number of carbonyl (C=O) groups is 1. The highest BCUT2D eigenvalue weighted by Crippen LogP contribution is 2.32. The van der Waals surface area contributed by atoms with Gasteiger partial charge < -0.3 is 9.15 Å². The zero-order valence-electron chi connectivity index (χ0n) is 15.8. The average Bonchev–Trinajstić information content (AvgIpc) is 3.04. The van der Waals surface area contributed by atoms with Crippen LogP contribution in [0.25, 0.3) is 11.0 Å². The van der Waals surface area contributed by atoms with Crippen LogP contribution in [-0.4, -0.2) is 5.97 Å². The van der Waals surface area contributed by atoms with Crippen LogP contribution in [0.1, 0.15) is 50.1 Å². The molecule has 1 aromatic carbocycles. The molecule has 2 aromatic heterocycles. The highest BCUT2D eigenvalue weighted by molar-refractivity contribution is 7.14. The fourth-order valence-corrected chi connectivity index (χ4v) is 4.73. The van der Waals surface area contributed by atoms with Crippen LogP contribution in [0.4, 0.5) is 0 Å². The molecule has 0 radical (unpaired) electrons. The summed E-state index contributed by atoms with van der Waals surface area (Å²) in [5.74, 6) is 0.338. The first-order chi connectivity index (χ1) is 12.9. The molecule has 4 nitrogen and oxygen atoms in total. The van der Waals surface area contributed by atoms with Crippen LogP contribution in [0.15, 0.2) is 33.5 Å². The van der Waals surface area contributed by atoms with E-state index in [0.29, 0.717) is 21.9 Å². The summed E-state index contributed by atoms with van der Waals surface area (Å²) in [6.07, 6.45) is 3.24. The molecule has 1 aliphatic rings. The number of rotatable bonds is 3. The van der Waals surface area contributed by atoms with Crippen LogP contribution in [0.5, 0.6) is 0 Å². The van der Waals surface area contributed by atoms with Crippen LogP contribution >= 0.6 is 11.3 Å². The minimum atomic E-state index is -0.433. The standard InChI is InChI=1S/C22H22O4S/c1-12-4-5-19-15(6-12)9-20(27-19)22(24)25-11-16-10-21(23)26-18-8-14(3)13(2)7-17(16)18/h7-10,12H,4-6,11H2,1-3H3. The molecule has 0 aliphatic heterocycles. The Hall–Kier alpha value is -2.40. The molecule has 1 atom stereocenters. The van der Waals surface area contributed by atoms with Gasteiger partial charge in [-0.2, -0.15) is 0 Å². The fourth-order valence-electron chi connectivity index (χ4n) is 3.62. The third-order valence-electron chi connectivity index (χ3n) is 5.33. The maximum absolute atomic E-state index is 12.5. The van der Waals surface area contributed by atoms with E-state index in [2.05, 4.69) is 6.92 Å². The average molecular weight is 382 g/mol. The second kappa shape index (κ2) is 6.97. The van der Waals surface area contributed by atoms with Gasteiger partial charge in [-0.25, -0.2) is 9.59 Å². The lowest BCUT2D eigenvalue weighted by Crippen LogP contribution is -2.08. The summed E-state index contributed by atoms with van der Waals surface area (Å²) >= 11 is 1.54.